The van der Waals surface area contributed by atoms with Crippen LogP contribution in [-0.4, -0.2) is 30.6 Å². The Morgan fingerprint density at radius 1 is 1.08 bits per heavy atom. The molecule has 1 heterocycles. The van der Waals surface area contributed by atoms with Crippen LogP contribution < -0.4 is 9.47 Å². The van der Waals surface area contributed by atoms with Gasteiger partial charge in [-0.25, -0.2) is 0 Å². The van der Waals surface area contributed by atoms with Crippen LogP contribution in [0.4, 0.5) is 0 Å². The molecule has 0 atom stereocenters. The average Bonchev–Trinajstić information content (AvgIpc) is 2.65. The Hall–Kier alpha value is -2.49. The molecule has 2 aromatic rings. The first-order chi connectivity index (χ1) is 12.6. The molecule has 0 N–H and O–H groups in total. The van der Waals surface area contributed by atoms with Crippen LogP contribution in [0.3, 0.4) is 0 Å². The van der Waals surface area contributed by atoms with Crippen LogP contribution in [-0.2, 0) is 17.8 Å². The number of nitrogens with zero attached hydrogens (tertiary/aromatic N) is 1. The van der Waals surface area contributed by atoms with Gasteiger partial charge in [0.05, 0.1) is 0 Å². The molecule has 4 heteroatoms. The van der Waals surface area contributed by atoms with Gasteiger partial charge in [0.25, 0.3) is 0 Å². The van der Waals surface area contributed by atoms with Crippen molar-refractivity contribution in [3.63, 3.8) is 0 Å². The van der Waals surface area contributed by atoms with Crippen molar-refractivity contribution in [1.82, 2.24) is 4.90 Å². The molecule has 2 aromatic carbocycles. The van der Waals surface area contributed by atoms with E-state index in [-0.39, 0.29) is 5.91 Å². The van der Waals surface area contributed by atoms with Gasteiger partial charge in [-0.2, -0.15) is 0 Å². The first-order valence-electron chi connectivity index (χ1n) is 9.30. The molecule has 0 fully saturated rings. The molecule has 4 nitrogen and oxygen atoms in total. The van der Waals surface area contributed by atoms with Crippen LogP contribution in [0.25, 0.3) is 0 Å². The summed E-state index contributed by atoms with van der Waals surface area (Å²) in [6, 6.07) is 12.3. The van der Waals surface area contributed by atoms with E-state index in [0.717, 1.165) is 23.5 Å². The summed E-state index contributed by atoms with van der Waals surface area (Å²) < 4.78 is 11.4. The van der Waals surface area contributed by atoms with E-state index in [0.29, 0.717) is 32.7 Å². The second-order valence-corrected chi connectivity index (χ2v) is 6.78. The van der Waals surface area contributed by atoms with Crippen LogP contribution >= 0.6 is 0 Å². The summed E-state index contributed by atoms with van der Waals surface area (Å²) in [7, 11) is 0. The lowest BCUT2D eigenvalue weighted by atomic mass is 10.0. The molecule has 0 saturated heterocycles. The number of amides is 1. The maximum Gasteiger partial charge on any atom is 0.223 e. The highest BCUT2D eigenvalue weighted by Crippen LogP contribution is 2.34. The molecule has 0 unspecified atom stereocenters. The number of hydrogen-bond acceptors (Lipinski definition) is 3. The van der Waals surface area contributed by atoms with E-state index in [1.807, 2.05) is 30.0 Å². The van der Waals surface area contributed by atoms with Crippen molar-refractivity contribution >= 4 is 5.91 Å². The van der Waals surface area contributed by atoms with Crippen LogP contribution in [0.15, 0.2) is 36.4 Å². The maximum atomic E-state index is 12.8. The second kappa shape index (κ2) is 8.26. The molecule has 26 heavy (non-hydrogen) atoms. The molecule has 0 radical (unpaired) electrons. The fourth-order valence-corrected chi connectivity index (χ4v) is 3.37. The number of carbonyl (C=O) groups excluding carboxylic acids is 1. The Labute approximate surface area is 155 Å². The predicted molar refractivity (Wildman–Crippen MR) is 103 cm³/mol. The van der Waals surface area contributed by atoms with Crippen LogP contribution in [0.2, 0.25) is 0 Å². The van der Waals surface area contributed by atoms with Gasteiger partial charge in [0, 0.05) is 25.1 Å². The summed E-state index contributed by atoms with van der Waals surface area (Å²) in [6.07, 6.45) is 1.29. The third-order valence-corrected chi connectivity index (χ3v) is 4.85. The van der Waals surface area contributed by atoms with Gasteiger partial charge in [-0.05, 0) is 44.4 Å². The minimum Gasteiger partial charge on any atom is -0.486 e. The number of aryl methyl sites for hydroxylation is 3. The van der Waals surface area contributed by atoms with Crippen molar-refractivity contribution in [2.45, 2.75) is 40.2 Å². The van der Waals surface area contributed by atoms with E-state index in [1.54, 1.807) is 0 Å². The highest BCUT2D eigenvalue weighted by atomic mass is 16.6. The number of carbonyl (C=O) groups is 1. The Kier molecular flexibility index (Phi) is 5.82. The van der Waals surface area contributed by atoms with Crippen molar-refractivity contribution in [3.05, 3.63) is 58.7 Å². The summed E-state index contributed by atoms with van der Waals surface area (Å²) in [4.78, 5) is 14.6. The zero-order valence-electron chi connectivity index (χ0n) is 15.9. The normalized spacial score (nSPS) is 12.7. The van der Waals surface area contributed by atoms with Crippen molar-refractivity contribution < 1.29 is 14.3 Å². The number of hydrogen-bond donors (Lipinski definition) is 0. The van der Waals surface area contributed by atoms with Gasteiger partial charge in [-0.15, -0.1) is 0 Å². The fraction of sp³-hybridized carbons (Fsp3) is 0.409. The molecule has 1 aliphatic rings. The Morgan fingerprint density at radius 2 is 1.88 bits per heavy atom. The zero-order valence-corrected chi connectivity index (χ0v) is 15.9. The zero-order chi connectivity index (χ0) is 18.5. The van der Waals surface area contributed by atoms with Crippen LogP contribution in [0, 0.1) is 13.8 Å². The van der Waals surface area contributed by atoms with Gasteiger partial charge in [0.1, 0.15) is 13.2 Å². The first kappa shape index (κ1) is 18.3. The molecule has 0 aromatic heterocycles. The summed E-state index contributed by atoms with van der Waals surface area (Å²) in [5.74, 6) is 1.72. The Morgan fingerprint density at radius 3 is 2.65 bits per heavy atom. The van der Waals surface area contributed by atoms with Gasteiger partial charge in [0.15, 0.2) is 11.5 Å². The van der Waals surface area contributed by atoms with Crippen molar-refractivity contribution in [2.75, 3.05) is 19.8 Å². The summed E-state index contributed by atoms with van der Waals surface area (Å²) in [6.45, 7) is 8.57. The second-order valence-electron chi connectivity index (χ2n) is 6.78. The SMILES string of the molecule is CCN(Cc1cccc2c1OCCO2)C(=O)CCc1ccc(C)cc1C. The van der Waals surface area contributed by atoms with E-state index >= 15 is 0 Å². The summed E-state index contributed by atoms with van der Waals surface area (Å²) in [5.41, 5.74) is 4.75. The molecule has 1 aliphatic heterocycles. The monoisotopic (exact) mass is 353 g/mol. The van der Waals surface area contributed by atoms with Crippen molar-refractivity contribution in [2.24, 2.45) is 0 Å². The molecule has 0 aliphatic carbocycles. The average molecular weight is 353 g/mol. The van der Waals surface area contributed by atoms with Gasteiger partial charge in [-0.3, -0.25) is 4.79 Å². The van der Waals surface area contributed by atoms with E-state index in [4.69, 9.17) is 9.47 Å². The Balaban J connectivity index is 1.66. The van der Waals surface area contributed by atoms with Crippen LogP contribution in [0.5, 0.6) is 11.5 Å². The largest absolute Gasteiger partial charge is 0.486 e. The van der Waals surface area contributed by atoms with E-state index in [9.17, 15) is 4.79 Å². The van der Waals surface area contributed by atoms with Gasteiger partial charge < -0.3 is 14.4 Å². The molecule has 0 saturated carbocycles. The summed E-state index contributed by atoms with van der Waals surface area (Å²) >= 11 is 0. The molecule has 0 spiro atoms. The smallest absolute Gasteiger partial charge is 0.223 e. The fourth-order valence-electron chi connectivity index (χ4n) is 3.37. The van der Waals surface area contributed by atoms with Gasteiger partial charge in [0.2, 0.25) is 5.91 Å². The molecule has 138 valence electrons. The number of fused-ring (bicyclic) bond motifs is 1. The lowest BCUT2D eigenvalue weighted by Crippen LogP contribution is -2.31. The first-order valence-corrected chi connectivity index (χ1v) is 9.30. The lowest BCUT2D eigenvalue weighted by molar-refractivity contribution is -0.131. The molecule has 3 rings (SSSR count). The van der Waals surface area contributed by atoms with Gasteiger partial charge >= 0.3 is 0 Å². The molecular weight excluding hydrogens is 326 g/mol. The highest BCUT2D eigenvalue weighted by Gasteiger charge is 2.19. The summed E-state index contributed by atoms with van der Waals surface area (Å²) in [5, 5.41) is 0. The molecule has 1 amide bonds. The quantitative estimate of drug-likeness (QED) is 0.786. The number of rotatable bonds is 6. The number of ether oxygens (including phenoxy) is 2. The number of benzene rings is 2. The minimum absolute atomic E-state index is 0.168. The standard InChI is InChI=1S/C22H27NO3/c1-4-23(15-19-6-5-7-20-22(19)26-13-12-25-20)21(24)11-10-18-9-8-16(2)14-17(18)3/h5-9,14H,4,10-13,15H2,1-3H3. The van der Waals surface area contributed by atoms with Crippen molar-refractivity contribution in [3.8, 4) is 11.5 Å². The van der Waals surface area contributed by atoms with Crippen LogP contribution in [0.1, 0.15) is 35.6 Å². The third-order valence-electron chi connectivity index (χ3n) is 4.85. The van der Waals surface area contributed by atoms with E-state index in [2.05, 4.69) is 32.0 Å². The topological polar surface area (TPSA) is 38.8 Å². The minimum atomic E-state index is 0.168. The van der Waals surface area contributed by atoms with Gasteiger partial charge in [-0.1, -0.05) is 35.9 Å². The maximum absolute atomic E-state index is 12.8. The number of para-hydroxylation sites is 1. The van der Waals surface area contributed by atoms with E-state index in [1.165, 1.54) is 16.7 Å². The Bertz CT molecular complexity index is 785. The van der Waals surface area contributed by atoms with E-state index < -0.39 is 0 Å². The van der Waals surface area contributed by atoms with Crippen molar-refractivity contribution in [1.29, 1.82) is 0 Å². The third kappa shape index (κ3) is 4.18. The molecular formula is C22H27NO3. The lowest BCUT2D eigenvalue weighted by Gasteiger charge is -2.25. The highest BCUT2D eigenvalue weighted by molar-refractivity contribution is 5.76. The predicted octanol–water partition coefficient (Wildman–Crippen LogP) is 4.06. The molecule has 0 bridgehead atoms.